The average Bonchev–Trinajstić information content (AvgIpc) is 2.46. The Morgan fingerprint density at radius 2 is 2.46 bits per heavy atom. The van der Waals surface area contributed by atoms with E-state index in [4.69, 9.17) is 16.7 Å². The minimum Gasteiger partial charge on any atom is -0.376 e. The van der Waals surface area contributed by atoms with Gasteiger partial charge in [0.1, 0.15) is 18.4 Å². The van der Waals surface area contributed by atoms with E-state index in [9.17, 15) is 0 Å². The third-order valence-electron chi connectivity index (χ3n) is 1.65. The minimum atomic E-state index is -0.0901. The molecule has 2 rings (SSSR count). The Morgan fingerprint density at radius 3 is 3.15 bits per heavy atom. The highest BCUT2D eigenvalue weighted by atomic mass is 79.9. The second kappa shape index (κ2) is 3.28. The first-order valence-electron chi connectivity index (χ1n) is 3.53. The second-order valence-corrected chi connectivity index (χ2v) is 3.67. The average molecular weight is 265 g/mol. The predicted octanol–water partition coefficient (Wildman–Crippen LogP) is 0.801. The van der Waals surface area contributed by atoms with Gasteiger partial charge in [-0.1, -0.05) is 11.6 Å². The van der Waals surface area contributed by atoms with Crippen LogP contribution >= 0.6 is 27.5 Å². The molecule has 0 unspecified atom stereocenters. The van der Waals surface area contributed by atoms with Gasteiger partial charge >= 0.3 is 0 Å². The molecule has 0 aromatic carbocycles. The summed E-state index contributed by atoms with van der Waals surface area (Å²) < 4.78 is 2.11. The van der Waals surface area contributed by atoms with Gasteiger partial charge in [0.2, 0.25) is 4.73 Å². The summed E-state index contributed by atoms with van der Waals surface area (Å²) in [5.41, 5.74) is 0. The molecular weight excluding hydrogens is 259 g/mol. The molecule has 1 aromatic rings. The van der Waals surface area contributed by atoms with Crippen LogP contribution in [0.2, 0.25) is 0 Å². The molecule has 7 heteroatoms. The number of aromatic nitrogens is 3. The highest BCUT2D eigenvalue weighted by Crippen LogP contribution is 2.23. The number of hydrogen-bond donors (Lipinski definition) is 1. The Bertz CT molecular complexity index is 364. The Kier molecular flexibility index (Phi) is 2.27. The van der Waals surface area contributed by atoms with Crippen molar-refractivity contribution in [2.24, 2.45) is 0 Å². The summed E-state index contributed by atoms with van der Waals surface area (Å²) in [5.74, 6) is 0.609. The Morgan fingerprint density at radius 1 is 1.69 bits per heavy atom. The lowest BCUT2D eigenvalue weighted by Crippen LogP contribution is -2.27. The fourth-order valence-corrected chi connectivity index (χ4v) is 1.74. The quantitative estimate of drug-likeness (QED) is 0.816. The monoisotopic (exact) mass is 264 g/mol. The van der Waals surface area contributed by atoms with Crippen molar-refractivity contribution in [2.75, 3.05) is 6.73 Å². The molecule has 0 bridgehead atoms. The van der Waals surface area contributed by atoms with Gasteiger partial charge in [-0.15, -0.1) is 5.10 Å². The van der Waals surface area contributed by atoms with Crippen LogP contribution in [0.15, 0.2) is 10.9 Å². The molecule has 0 atom stereocenters. The molecule has 0 amide bonds. The molecular formula is C6H6BrClN4O. The van der Waals surface area contributed by atoms with E-state index in [-0.39, 0.29) is 6.73 Å². The van der Waals surface area contributed by atoms with Crippen LogP contribution in [0.3, 0.4) is 0 Å². The lowest BCUT2D eigenvalue weighted by molar-refractivity contribution is 0.117. The minimum absolute atomic E-state index is 0.0901. The van der Waals surface area contributed by atoms with Crippen molar-refractivity contribution in [3.63, 3.8) is 0 Å². The molecule has 0 radical (unpaired) electrons. The fraction of sp³-hybridized carbons (Fsp3) is 0.333. The van der Waals surface area contributed by atoms with Gasteiger partial charge in [-0.05, 0) is 15.9 Å². The summed E-state index contributed by atoms with van der Waals surface area (Å²) in [6, 6.07) is 0. The summed E-state index contributed by atoms with van der Waals surface area (Å²) in [5, 5.41) is 13.4. The van der Waals surface area contributed by atoms with Gasteiger partial charge in [-0.2, -0.15) is 4.98 Å². The molecule has 0 aliphatic carbocycles. The maximum Gasteiger partial charge on any atom is 0.217 e. The molecule has 70 valence electrons. The van der Waals surface area contributed by atoms with Gasteiger partial charge in [0, 0.05) is 6.20 Å². The lowest BCUT2D eigenvalue weighted by atomic mass is 10.5. The number of fused-ring (bicyclic) bond motifs is 1. The third-order valence-corrected chi connectivity index (χ3v) is 2.26. The summed E-state index contributed by atoms with van der Waals surface area (Å²) in [6.45, 7) is 0.369. The van der Waals surface area contributed by atoms with E-state index in [1.54, 1.807) is 15.8 Å². The van der Waals surface area contributed by atoms with E-state index < -0.39 is 0 Å². The van der Waals surface area contributed by atoms with Crippen LogP contribution in [0.5, 0.6) is 0 Å². The van der Waals surface area contributed by atoms with Gasteiger partial charge in [-0.25, -0.2) is 4.68 Å². The van der Waals surface area contributed by atoms with E-state index >= 15 is 0 Å². The normalized spacial score (nSPS) is 15.6. The number of nitrogens with zero attached hydrogens (tertiary/aromatic N) is 4. The first-order valence-corrected chi connectivity index (χ1v) is 4.71. The molecule has 5 nitrogen and oxygen atoms in total. The zero-order valence-electron chi connectivity index (χ0n) is 6.48. The summed E-state index contributed by atoms with van der Waals surface area (Å²) in [6.07, 6.45) is 1.64. The van der Waals surface area contributed by atoms with Crippen molar-refractivity contribution < 1.29 is 5.11 Å². The zero-order chi connectivity index (χ0) is 9.42. The van der Waals surface area contributed by atoms with Gasteiger partial charge in [0.15, 0.2) is 5.82 Å². The summed E-state index contributed by atoms with van der Waals surface area (Å²) in [7, 11) is 0. The first kappa shape index (κ1) is 8.98. The fourth-order valence-electron chi connectivity index (χ4n) is 1.11. The SMILES string of the molecule is OCN1C=C(Cl)c2nc(Br)nn2C1. The Labute approximate surface area is 87.7 Å². The van der Waals surface area contributed by atoms with Crippen LogP contribution in [-0.4, -0.2) is 31.5 Å². The van der Waals surface area contributed by atoms with Crippen LogP contribution < -0.4 is 0 Å². The van der Waals surface area contributed by atoms with Crippen molar-refractivity contribution >= 4 is 32.6 Å². The summed E-state index contributed by atoms with van der Waals surface area (Å²) >= 11 is 9.05. The van der Waals surface area contributed by atoms with E-state index in [1.807, 2.05) is 0 Å². The van der Waals surface area contributed by atoms with Crippen molar-refractivity contribution in [2.45, 2.75) is 6.67 Å². The second-order valence-electron chi connectivity index (χ2n) is 2.55. The predicted molar refractivity (Wildman–Crippen MR) is 50.5 cm³/mol. The smallest absolute Gasteiger partial charge is 0.217 e. The number of halogens is 2. The zero-order valence-corrected chi connectivity index (χ0v) is 8.83. The summed E-state index contributed by atoms with van der Waals surface area (Å²) in [4.78, 5) is 5.68. The Balaban J connectivity index is 2.41. The van der Waals surface area contributed by atoms with Gasteiger partial charge < -0.3 is 10.0 Å². The van der Waals surface area contributed by atoms with Gasteiger partial charge in [0.25, 0.3) is 0 Å². The molecule has 1 aromatic heterocycles. The first-order chi connectivity index (χ1) is 6.20. The van der Waals surface area contributed by atoms with E-state index in [0.29, 0.717) is 22.3 Å². The molecule has 0 fully saturated rings. The third kappa shape index (κ3) is 1.56. The molecule has 0 spiro atoms. The van der Waals surface area contributed by atoms with Crippen LogP contribution in [-0.2, 0) is 6.67 Å². The highest BCUT2D eigenvalue weighted by molar-refractivity contribution is 9.10. The van der Waals surface area contributed by atoms with Crippen molar-refractivity contribution in [1.29, 1.82) is 0 Å². The molecule has 0 saturated carbocycles. The van der Waals surface area contributed by atoms with Crippen LogP contribution in [0, 0.1) is 0 Å². The molecule has 1 aliphatic heterocycles. The molecule has 2 heterocycles. The number of aliphatic hydroxyl groups excluding tert-OH is 1. The van der Waals surface area contributed by atoms with Crippen LogP contribution in [0.1, 0.15) is 5.82 Å². The van der Waals surface area contributed by atoms with E-state index in [1.165, 1.54) is 0 Å². The van der Waals surface area contributed by atoms with Crippen molar-refractivity contribution in [1.82, 2.24) is 19.7 Å². The number of rotatable bonds is 1. The highest BCUT2D eigenvalue weighted by Gasteiger charge is 2.18. The van der Waals surface area contributed by atoms with Crippen LogP contribution in [0.4, 0.5) is 0 Å². The van der Waals surface area contributed by atoms with E-state index in [2.05, 4.69) is 26.0 Å². The molecule has 13 heavy (non-hydrogen) atoms. The molecule has 1 aliphatic rings. The topological polar surface area (TPSA) is 54.2 Å². The molecule has 0 saturated heterocycles. The van der Waals surface area contributed by atoms with Crippen LogP contribution in [0.25, 0.3) is 5.03 Å². The Hall–Kier alpha value is -0.590. The number of hydrogen-bond acceptors (Lipinski definition) is 4. The van der Waals surface area contributed by atoms with Gasteiger partial charge in [-0.3, -0.25) is 0 Å². The maximum atomic E-state index is 8.89. The maximum absolute atomic E-state index is 8.89. The largest absolute Gasteiger partial charge is 0.376 e. The number of aliphatic hydroxyl groups is 1. The van der Waals surface area contributed by atoms with Gasteiger partial charge in [0.05, 0.1) is 0 Å². The lowest BCUT2D eigenvalue weighted by Gasteiger charge is -2.22. The van der Waals surface area contributed by atoms with E-state index in [0.717, 1.165) is 0 Å². The van der Waals surface area contributed by atoms with Crippen molar-refractivity contribution in [3.05, 3.63) is 16.8 Å². The standard InChI is InChI=1S/C6H6BrClN4O/c7-6-9-5-4(8)1-11(3-13)2-12(5)10-6/h1,13H,2-3H2. The molecule has 1 N–H and O–H groups in total. The van der Waals surface area contributed by atoms with Crippen molar-refractivity contribution in [3.8, 4) is 0 Å².